The average molecular weight is 666 g/mol. The van der Waals surface area contributed by atoms with E-state index in [0.29, 0.717) is 27.9 Å². The topological polar surface area (TPSA) is 106 Å². The number of benzene rings is 3. The lowest BCUT2D eigenvalue weighted by atomic mass is 10.2. The lowest BCUT2D eigenvalue weighted by Crippen LogP contribution is -2.32. The first-order valence-corrected chi connectivity index (χ1v) is 11.8. The summed E-state index contributed by atoms with van der Waals surface area (Å²) in [6.07, 6.45) is 1.43. The van der Waals surface area contributed by atoms with Crippen LogP contribution in [0.4, 0.5) is 5.69 Å². The Balaban J connectivity index is 1.51. The van der Waals surface area contributed by atoms with Gasteiger partial charge in [-0.2, -0.15) is 5.10 Å². The van der Waals surface area contributed by atoms with E-state index in [4.69, 9.17) is 4.74 Å². The molecule has 8 nitrogen and oxygen atoms in total. The van der Waals surface area contributed by atoms with Crippen LogP contribution in [0, 0.1) is 7.14 Å². The van der Waals surface area contributed by atoms with Crippen molar-refractivity contribution in [3.05, 3.63) is 100 Å². The molecule has 0 atom stereocenters. The molecule has 33 heavy (non-hydrogen) atoms. The normalized spacial score (nSPS) is 11.1. The van der Waals surface area contributed by atoms with E-state index in [1.807, 2.05) is 18.2 Å². The maximum Gasteiger partial charge on any atom is 0.349 e. The molecule has 1 heterocycles. The van der Waals surface area contributed by atoms with Gasteiger partial charge in [0.2, 0.25) is 0 Å². The predicted molar refractivity (Wildman–Crippen MR) is 144 cm³/mol. The largest absolute Gasteiger partial charge is 0.482 e. The van der Waals surface area contributed by atoms with Crippen LogP contribution in [-0.2, 0) is 4.79 Å². The van der Waals surface area contributed by atoms with E-state index in [1.165, 1.54) is 6.21 Å². The third kappa shape index (κ3) is 5.50. The fourth-order valence-electron chi connectivity index (χ4n) is 3.03. The van der Waals surface area contributed by atoms with E-state index >= 15 is 0 Å². The van der Waals surface area contributed by atoms with Crippen LogP contribution in [-0.4, -0.2) is 28.4 Å². The Kier molecular flexibility index (Phi) is 7.23. The van der Waals surface area contributed by atoms with Gasteiger partial charge in [-0.25, -0.2) is 4.79 Å². The molecular formula is C23H16I2N4O4. The summed E-state index contributed by atoms with van der Waals surface area (Å²) in [7, 11) is 0. The molecule has 0 saturated heterocycles. The number of carbonyl (C=O) groups is 1. The molecule has 0 aliphatic carbocycles. The number of nitrogens with zero attached hydrogens (tertiary/aromatic N) is 2. The molecule has 0 radical (unpaired) electrons. The second-order valence-electron chi connectivity index (χ2n) is 6.85. The second kappa shape index (κ2) is 10.3. The van der Waals surface area contributed by atoms with Crippen molar-refractivity contribution < 1.29 is 9.53 Å². The van der Waals surface area contributed by atoms with Gasteiger partial charge in [0.15, 0.2) is 6.61 Å². The summed E-state index contributed by atoms with van der Waals surface area (Å²) in [6.45, 7) is -0.143. The smallest absolute Gasteiger partial charge is 0.349 e. The summed E-state index contributed by atoms with van der Waals surface area (Å²) in [5.41, 5.74) is 0.703. The summed E-state index contributed by atoms with van der Waals surface area (Å²) in [4.78, 5) is 39.7. The van der Waals surface area contributed by atoms with Crippen LogP contribution in [0.5, 0.6) is 5.75 Å². The molecule has 3 aromatic carbocycles. The number of aromatic amines is 1. The molecule has 10 heteroatoms. The van der Waals surface area contributed by atoms with Gasteiger partial charge in [-0.05, 0) is 87.1 Å². The van der Waals surface area contributed by atoms with Crippen molar-refractivity contribution in [2.24, 2.45) is 5.10 Å². The van der Waals surface area contributed by atoms with Crippen molar-refractivity contribution >= 4 is 73.9 Å². The van der Waals surface area contributed by atoms with Gasteiger partial charge in [0.05, 0.1) is 24.3 Å². The highest BCUT2D eigenvalue weighted by Gasteiger charge is 2.12. The third-order valence-corrected chi connectivity index (χ3v) is 6.13. The standard InChI is InChI=1S/C23H16I2N4O4/c24-17-10-14(12-26-29-22(31)16-8-4-5-9-19(16)28-23(29)32)11-18(25)21(17)33-13-20(30)27-15-6-2-1-3-7-15/h1-12H,13H2,(H,27,30)(H,28,32). The number of amides is 1. The Bertz CT molecular complexity index is 1460. The molecule has 0 spiro atoms. The molecule has 1 aromatic heterocycles. The first-order chi connectivity index (χ1) is 15.9. The minimum Gasteiger partial charge on any atom is -0.482 e. The molecule has 0 saturated carbocycles. The van der Waals surface area contributed by atoms with Gasteiger partial charge in [-0.1, -0.05) is 30.3 Å². The summed E-state index contributed by atoms with van der Waals surface area (Å²) < 4.78 is 8.03. The molecule has 1 amide bonds. The van der Waals surface area contributed by atoms with Crippen molar-refractivity contribution in [2.75, 3.05) is 11.9 Å². The number of fused-ring (bicyclic) bond motifs is 1. The highest BCUT2D eigenvalue weighted by molar-refractivity contribution is 14.1. The molecule has 0 aliphatic rings. The van der Waals surface area contributed by atoms with E-state index in [-0.39, 0.29) is 12.5 Å². The van der Waals surface area contributed by atoms with Gasteiger partial charge in [0.1, 0.15) is 5.75 Å². The maximum atomic E-state index is 12.6. The summed E-state index contributed by atoms with van der Waals surface area (Å²) in [5.74, 6) is 0.297. The van der Waals surface area contributed by atoms with Crippen LogP contribution >= 0.6 is 45.2 Å². The number of aromatic nitrogens is 2. The minimum atomic E-state index is -0.622. The van der Waals surface area contributed by atoms with Gasteiger partial charge in [-0.3, -0.25) is 9.59 Å². The highest BCUT2D eigenvalue weighted by atomic mass is 127. The second-order valence-corrected chi connectivity index (χ2v) is 9.18. The van der Waals surface area contributed by atoms with Crippen molar-refractivity contribution in [3.8, 4) is 5.75 Å². The highest BCUT2D eigenvalue weighted by Crippen LogP contribution is 2.28. The number of hydrogen-bond acceptors (Lipinski definition) is 5. The summed E-state index contributed by atoms with van der Waals surface area (Å²) in [5, 5.41) is 7.22. The first kappa shape index (κ1) is 23.2. The molecule has 0 fully saturated rings. The number of anilines is 1. The fraction of sp³-hybridized carbons (Fsp3) is 0.0435. The zero-order chi connectivity index (χ0) is 23.4. The quantitative estimate of drug-likeness (QED) is 0.242. The lowest BCUT2D eigenvalue weighted by molar-refractivity contribution is -0.118. The van der Waals surface area contributed by atoms with Crippen LogP contribution < -0.4 is 21.3 Å². The number of halogens is 2. The predicted octanol–water partition coefficient (Wildman–Crippen LogP) is 3.80. The van der Waals surface area contributed by atoms with Crippen molar-refractivity contribution in [1.29, 1.82) is 0 Å². The Morgan fingerprint density at radius 3 is 2.42 bits per heavy atom. The zero-order valence-corrected chi connectivity index (χ0v) is 21.2. The lowest BCUT2D eigenvalue weighted by Gasteiger charge is -2.11. The minimum absolute atomic E-state index is 0.143. The van der Waals surface area contributed by atoms with Gasteiger partial charge >= 0.3 is 5.69 Å². The van der Waals surface area contributed by atoms with Gasteiger partial charge in [-0.15, -0.1) is 4.68 Å². The molecule has 2 N–H and O–H groups in total. The molecule has 4 rings (SSSR count). The van der Waals surface area contributed by atoms with E-state index in [9.17, 15) is 14.4 Å². The van der Waals surface area contributed by atoms with E-state index < -0.39 is 11.2 Å². The Morgan fingerprint density at radius 1 is 1.03 bits per heavy atom. The number of para-hydroxylation sites is 2. The molecule has 0 bridgehead atoms. The molecule has 0 aliphatic heterocycles. The molecule has 0 unspecified atom stereocenters. The maximum absolute atomic E-state index is 12.6. The van der Waals surface area contributed by atoms with E-state index in [0.717, 1.165) is 11.8 Å². The zero-order valence-electron chi connectivity index (χ0n) is 16.9. The number of hydrogen-bond donors (Lipinski definition) is 2. The average Bonchev–Trinajstić information content (AvgIpc) is 2.79. The fourth-order valence-corrected chi connectivity index (χ4v) is 5.16. The number of carbonyl (C=O) groups excluding carboxylic acids is 1. The number of rotatable bonds is 6. The van der Waals surface area contributed by atoms with Crippen LogP contribution in [0.1, 0.15) is 5.56 Å². The van der Waals surface area contributed by atoms with Crippen LogP contribution in [0.15, 0.2) is 81.4 Å². The van der Waals surface area contributed by atoms with Crippen LogP contribution in [0.3, 0.4) is 0 Å². The van der Waals surface area contributed by atoms with Gasteiger partial charge in [0, 0.05) is 5.69 Å². The summed E-state index contributed by atoms with van der Waals surface area (Å²) >= 11 is 4.20. The van der Waals surface area contributed by atoms with Crippen LogP contribution in [0.2, 0.25) is 0 Å². The van der Waals surface area contributed by atoms with E-state index in [2.05, 4.69) is 60.6 Å². The number of ether oxygens (including phenoxy) is 1. The Hall–Kier alpha value is -3.00. The molecule has 4 aromatic rings. The monoisotopic (exact) mass is 666 g/mol. The Labute approximate surface area is 215 Å². The number of nitrogens with one attached hydrogen (secondary N) is 2. The van der Waals surface area contributed by atoms with Crippen molar-refractivity contribution in [2.45, 2.75) is 0 Å². The Morgan fingerprint density at radius 2 is 1.70 bits per heavy atom. The number of H-pyrrole nitrogens is 1. The van der Waals surface area contributed by atoms with Gasteiger partial charge in [0.25, 0.3) is 11.5 Å². The van der Waals surface area contributed by atoms with Crippen molar-refractivity contribution in [3.63, 3.8) is 0 Å². The van der Waals surface area contributed by atoms with Crippen LogP contribution in [0.25, 0.3) is 10.9 Å². The molecule has 166 valence electrons. The third-order valence-electron chi connectivity index (χ3n) is 4.53. The van der Waals surface area contributed by atoms with Crippen molar-refractivity contribution in [1.82, 2.24) is 9.66 Å². The SMILES string of the molecule is O=C(COc1c(I)cc(C=Nn2c(=O)[nH]c3ccccc3c2=O)cc1I)Nc1ccccc1. The van der Waals surface area contributed by atoms with E-state index in [1.54, 1.807) is 48.5 Å². The first-order valence-electron chi connectivity index (χ1n) is 9.67. The van der Waals surface area contributed by atoms with Gasteiger partial charge < -0.3 is 15.0 Å². The molecular weight excluding hydrogens is 650 g/mol. The summed E-state index contributed by atoms with van der Waals surface area (Å²) in [6, 6.07) is 19.5.